The van der Waals surface area contributed by atoms with E-state index in [4.69, 9.17) is 0 Å². The number of carbonyl (C=O) groups excluding carboxylic acids is 2. The minimum Gasteiger partial charge on any atom is -0.358 e. The molecule has 0 saturated carbocycles. The van der Waals surface area contributed by atoms with Crippen LogP contribution in [0.2, 0.25) is 0 Å². The molecule has 216 valence electrons. The van der Waals surface area contributed by atoms with E-state index in [1.165, 1.54) is 16.9 Å². The normalized spacial score (nSPS) is 16.8. The molecule has 0 unspecified atom stereocenters. The molecule has 2 aromatic heterocycles. The van der Waals surface area contributed by atoms with Crippen molar-refractivity contribution in [1.29, 1.82) is 0 Å². The van der Waals surface area contributed by atoms with Crippen LogP contribution in [0.4, 0.5) is 23.2 Å². The van der Waals surface area contributed by atoms with Crippen LogP contribution < -0.4 is 4.90 Å². The molecule has 12 heteroatoms. The van der Waals surface area contributed by atoms with Crippen molar-refractivity contribution < 1.29 is 27.2 Å². The first-order chi connectivity index (χ1) is 20.1. The third-order valence-electron chi connectivity index (χ3n) is 8.00. The summed E-state index contributed by atoms with van der Waals surface area (Å²) >= 11 is 3.45. The first-order valence-electron chi connectivity index (χ1n) is 13.3. The van der Waals surface area contributed by atoms with Gasteiger partial charge in [-0.15, -0.1) is 0 Å². The summed E-state index contributed by atoms with van der Waals surface area (Å²) in [5.41, 5.74) is -0.144. The zero-order chi connectivity index (χ0) is 29.6. The van der Waals surface area contributed by atoms with E-state index in [0.29, 0.717) is 56.2 Å². The van der Waals surface area contributed by atoms with Crippen LogP contribution in [-0.4, -0.2) is 56.5 Å². The minimum atomic E-state index is -4.85. The number of hydrogen-bond acceptors (Lipinski definition) is 5. The lowest BCUT2D eigenvalue weighted by Crippen LogP contribution is -2.56. The fourth-order valence-corrected chi connectivity index (χ4v) is 6.13. The molecule has 6 rings (SSSR count). The monoisotopic (exact) mass is 641 g/mol. The van der Waals surface area contributed by atoms with Gasteiger partial charge in [0.2, 0.25) is 0 Å². The van der Waals surface area contributed by atoms with Crippen molar-refractivity contribution >= 4 is 33.3 Å². The first kappa shape index (κ1) is 28.1. The van der Waals surface area contributed by atoms with E-state index >= 15 is 0 Å². The number of rotatable bonds is 4. The van der Waals surface area contributed by atoms with Crippen molar-refractivity contribution in [2.75, 3.05) is 24.5 Å². The van der Waals surface area contributed by atoms with Crippen molar-refractivity contribution in [3.8, 4) is 16.9 Å². The van der Waals surface area contributed by atoms with Gasteiger partial charge in [-0.2, -0.15) is 18.3 Å². The summed E-state index contributed by atoms with van der Waals surface area (Å²) in [5, 5.41) is 4.41. The van der Waals surface area contributed by atoms with Crippen LogP contribution in [0.3, 0.4) is 0 Å². The Labute approximate surface area is 246 Å². The van der Waals surface area contributed by atoms with Gasteiger partial charge in [0, 0.05) is 60.2 Å². The number of piperidine rings is 1. The van der Waals surface area contributed by atoms with Crippen molar-refractivity contribution in [1.82, 2.24) is 19.7 Å². The predicted octanol–water partition coefficient (Wildman–Crippen LogP) is 6.31. The molecule has 0 aliphatic carbocycles. The highest BCUT2D eigenvalue weighted by Gasteiger charge is 2.50. The average Bonchev–Trinajstić information content (AvgIpc) is 3.56. The lowest BCUT2D eigenvalue weighted by Gasteiger charge is -2.44. The molecule has 0 bridgehead atoms. The molecule has 1 spiro atoms. The molecule has 0 N–H and O–H groups in total. The maximum Gasteiger partial charge on any atom is 0.419 e. The van der Waals surface area contributed by atoms with Crippen molar-refractivity contribution in [3.63, 3.8) is 0 Å². The molecule has 2 saturated heterocycles. The van der Waals surface area contributed by atoms with Crippen molar-refractivity contribution in [2.45, 2.75) is 31.0 Å². The molecule has 0 atom stereocenters. The predicted molar refractivity (Wildman–Crippen MR) is 151 cm³/mol. The summed E-state index contributed by atoms with van der Waals surface area (Å²) < 4.78 is 56.2. The topological polar surface area (TPSA) is 71.3 Å². The van der Waals surface area contributed by atoms with E-state index in [9.17, 15) is 27.2 Å². The molecule has 2 aromatic carbocycles. The Bertz CT molecular complexity index is 1650. The maximum atomic E-state index is 14.5. The summed E-state index contributed by atoms with van der Waals surface area (Å²) in [7, 11) is 0. The van der Waals surface area contributed by atoms with Gasteiger partial charge in [0.05, 0.1) is 16.9 Å². The van der Waals surface area contributed by atoms with Gasteiger partial charge in [0.25, 0.3) is 5.91 Å². The van der Waals surface area contributed by atoms with Gasteiger partial charge < -0.3 is 9.80 Å². The number of anilines is 1. The quantitative estimate of drug-likeness (QED) is 0.244. The van der Waals surface area contributed by atoms with E-state index in [0.717, 1.165) is 22.3 Å². The van der Waals surface area contributed by atoms with Gasteiger partial charge in [-0.25, -0.2) is 9.07 Å². The van der Waals surface area contributed by atoms with Crippen LogP contribution in [0.1, 0.15) is 35.3 Å². The van der Waals surface area contributed by atoms with E-state index in [1.807, 2.05) is 24.3 Å². The maximum absolute atomic E-state index is 14.5. The second-order valence-corrected chi connectivity index (χ2v) is 11.3. The van der Waals surface area contributed by atoms with Crippen LogP contribution in [0.15, 0.2) is 77.5 Å². The van der Waals surface area contributed by atoms with Crippen LogP contribution >= 0.6 is 15.9 Å². The second-order valence-electron chi connectivity index (χ2n) is 10.4. The fraction of sp³-hybridized carbons (Fsp3) is 0.267. The number of nitrogens with zero attached hydrogens (tertiary/aromatic N) is 5. The lowest BCUT2D eigenvalue weighted by molar-refractivity contribution is -0.140. The molecule has 2 fully saturated rings. The Hall–Kier alpha value is -4.06. The summed E-state index contributed by atoms with van der Waals surface area (Å²) in [6.45, 7) is 1.25. The fourth-order valence-electron chi connectivity index (χ4n) is 5.87. The highest BCUT2D eigenvalue weighted by atomic mass is 79.9. The smallest absolute Gasteiger partial charge is 0.358 e. The van der Waals surface area contributed by atoms with Gasteiger partial charge in [0.15, 0.2) is 11.5 Å². The molecule has 42 heavy (non-hydrogen) atoms. The Morgan fingerprint density at radius 1 is 0.952 bits per heavy atom. The van der Waals surface area contributed by atoms with Crippen LogP contribution in [0, 0.1) is 5.82 Å². The summed E-state index contributed by atoms with van der Waals surface area (Å²) in [6.07, 6.45) is -0.428. The number of benzene rings is 2. The van der Waals surface area contributed by atoms with Gasteiger partial charge in [-0.1, -0.05) is 15.9 Å². The number of Topliss-reactive ketones (excluding diaryl/α,β-unsaturated/α-hetero) is 1. The summed E-state index contributed by atoms with van der Waals surface area (Å²) in [6, 6.07) is 15.2. The molecule has 4 heterocycles. The number of pyridine rings is 1. The van der Waals surface area contributed by atoms with Gasteiger partial charge in [0.1, 0.15) is 11.4 Å². The molecule has 0 radical (unpaired) electrons. The van der Waals surface area contributed by atoms with Crippen LogP contribution in [-0.2, 0) is 11.0 Å². The number of amides is 1. The average molecular weight is 642 g/mol. The molecular weight excluding hydrogens is 618 g/mol. The number of aromatic nitrogens is 3. The number of hydrogen-bond donors (Lipinski definition) is 0. The minimum absolute atomic E-state index is 0.0256. The standard InChI is InChI=1S/C30H24BrF4N5O2/c31-20-3-5-21(6-4-20)39-13-9-27(41)29(39)10-14-38(15-11-29)28(42)25-17-26(19-2-1-12-36-18-19)40(37-25)22-7-8-23(24(32)16-22)30(33,34)35/h1-8,12,16-18H,9-11,13-15H2. The Morgan fingerprint density at radius 2 is 1.67 bits per heavy atom. The molecule has 2 aliphatic heterocycles. The largest absolute Gasteiger partial charge is 0.419 e. The van der Waals surface area contributed by atoms with Crippen LogP contribution in [0.25, 0.3) is 16.9 Å². The van der Waals surface area contributed by atoms with Crippen molar-refractivity contribution in [2.24, 2.45) is 0 Å². The zero-order valence-electron chi connectivity index (χ0n) is 22.1. The molecule has 1 amide bonds. The van der Waals surface area contributed by atoms with Crippen LogP contribution in [0.5, 0.6) is 0 Å². The Kier molecular flexibility index (Phi) is 7.12. The number of halogens is 5. The zero-order valence-corrected chi connectivity index (χ0v) is 23.7. The third kappa shape index (κ3) is 4.97. The molecular formula is C30H24BrF4N5O2. The summed E-state index contributed by atoms with van der Waals surface area (Å²) in [5.74, 6) is -1.68. The van der Waals surface area contributed by atoms with Crippen molar-refractivity contribution in [3.05, 3.63) is 94.6 Å². The van der Waals surface area contributed by atoms with Gasteiger partial charge in [-0.05, 0) is 67.4 Å². The van der Waals surface area contributed by atoms with Gasteiger partial charge in [-0.3, -0.25) is 14.6 Å². The number of likely N-dealkylation sites (tertiary alicyclic amines) is 1. The van der Waals surface area contributed by atoms with E-state index in [1.54, 1.807) is 23.2 Å². The number of alkyl halides is 3. The molecule has 7 nitrogen and oxygen atoms in total. The number of ketones is 1. The Balaban J connectivity index is 1.29. The molecule has 4 aromatic rings. The third-order valence-corrected chi connectivity index (χ3v) is 8.53. The first-order valence-corrected chi connectivity index (χ1v) is 14.1. The number of carbonyl (C=O) groups is 2. The Morgan fingerprint density at radius 3 is 2.31 bits per heavy atom. The van der Waals surface area contributed by atoms with Gasteiger partial charge >= 0.3 is 6.18 Å². The SMILES string of the molecule is O=C(c1cc(-c2cccnc2)n(-c2ccc(C(F)(F)F)c(F)c2)n1)N1CCC2(CC1)C(=O)CCN2c1ccc(Br)cc1. The van der Waals surface area contributed by atoms with E-state index < -0.39 is 23.1 Å². The molecule has 2 aliphatic rings. The highest BCUT2D eigenvalue weighted by molar-refractivity contribution is 9.10. The van der Waals surface area contributed by atoms with E-state index in [2.05, 4.69) is 30.9 Å². The highest BCUT2D eigenvalue weighted by Crippen LogP contribution is 2.40. The second kappa shape index (κ2) is 10.6. The summed E-state index contributed by atoms with van der Waals surface area (Å²) in [4.78, 5) is 34.7. The lowest BCUT2D eigenvalue weighted by atomic mass is 9.83. The van der Waals surface area contributed by atoms with E-state index in [-0.39, 0.29) is 23.1 Å².